The van der Waals surface area contributed by atoms with Gasteiger partial charge < -0.3 is 15.3 Å². The second-order valence-corrected chi connectivity index (χ2v) is 6.77. The molecule has 0 saturated heterocycles. The summed E-state index contributed by atoms with van der Waals surface area (Å²) in [6.07, 6.45) is 2.67. The number of hydrogen-bond donors (Lipinski definition) is 3. The van der Waals surface area contributed by atoms with E-state index in [0.717, 1.165) is 36.0 Å². The van der Waals surface area contributed by atoms with Gasteiger partial charge in [0.2, 0.25) is 0 Å². The Kier molecular flexibility index (Phi) is 5.17. The van der Waals surface area contributed by atoms with Gasteiger partial charge in [-0.05, 0) is 65.9 Å². The predicted molar refractivity (Wildman–Crippen MR) is 104 cm³/mol. The number of benzene rings is 3. The van der Waals surface area contributed by atoms with Gasteiger partial charge in [0, 0.05) is 5.41 Å². The van der Waals surface area contributed by atoms with Crippen LogP contribution in [0, 0.1) is 0 Å². The molecule has 26 heavy (non-hydrogen) atoms. The van der Waals surface area contributed by atoms with Crippen LogP contribution in [0.4, 0.5) is 0 Å². The minimum atomic E-state index is -0.285. The van der Waals surface area contributed by atoms with Gasteiger partial charge in [0.05, 0.1) is 0 Å². The summed E-state index contributed by atoms with van der Waals surface area (Å²) in [7, 11) is 0. The first kappa shape index (κ1) is 17.9. The molecule has 3 N–H and O–H groups in total. The molecule has 0 aliphatic rings. The second kappa shape index (κ2) is 7.52. The van der Waals surface area contributed by atoms with Crippen LogP contribution in [0.15, 0.2) is 72.8 Å². The van der Waals surface area contributed by atoms with Crippen LogP contribution in [0.5, 0.6) is 17.2 Å². The van der Waals surface area contributed by atoms with Crippen molar-refractivity contribution >= 4 is 0 Å². The van der Waals surface area contributed by atoms with Crippen molar-refractivity contribution in [3.63, 3.8) is 0 Å². The molecule has 0 radical (unpaired) electrons. The standard InChI is InChI=1S/C23H24O3/c1-2-15-23(18-5-11-21(25)12-6-18,19-7-13-22(26)14-8-19)16-17-3-9-20(24)10-4-17/h3-14,24-26H,2,15-16H2,1H3. The summed E-state index contributed by atoms with van der Waals surface area (Å²) in [5.41, 5.74) is 3.08. The van der Waals surface area contributed by atoms with Gasteiger partial charge in [-0.3, -0.25) is 0 Å². The van der Waals surface area contributed by atoms with E-state index in [9.17, 15) is 15.3 Å². The van der Waals surface area contributed by atoms with Gasteiger partial charge in [-0.1, -0.05) is 49.7 Å². The highest BCUT2D eigenvalue weighted by Crippen LogP contribution is 2.41. The highest BCUT2D eigenvalue weighted by atomic mass is 16.3. The summed E-state index contributed by atoms with van der Waals surface area (Å²) in [6.45, 7) is 2.16. The highest BCUT2D eigenvalue weighted by molar-refractivity contribution is 5.45. The second-order valence-electron chi connectivity index (χ2n) is 6.77. The van der Waals surface area contributed by atoms with Crippen molar-refractivity contribution in [2.24, 2.45) is 0 Å². The van der Waals surface area contributed by atoms with E-state index in [0.29, 0.717) is 0 Å². The first-order valence-electron chi connectivity index (χ1n) is 8.90. The van der Waals surface area contributed by atoms with Crippen molar-refractivity contribution in [1.82, 2.24) is 0 Å². The lowest BCUT2D eigenvalue weighted by Crippen LogP contribution is -2.30. The summed E-state index contributed by atoms with van der Waals surface area (Å²) in [4.78, 5) is 0. The zero-order valence-electron chi connectivity index (χ0n) is 14.9. The number of hydrogen-bond acceptors (Lipinski definition) is 3. The summed E-state index contributed by atoms with van der Waals surface area (Å²) >= 11 is 0. The third kappa shape index (κ3) is 3.67. The molecule has 3 rings (SSSR count). The maximum Gasteiger partial charge on any atom is 0.115 e. The van der Waals surface area contributed by atoms with Crippen LogP contribution < -0.4 is 0 Å². The maximum absolute atomic E-state index is 9.72. The Morgan fingerprint density at radius 1 is 0.615 bits per heavy atom. The minimum Gasteiger partial charge on any atom is -0.508 e. The third-order valence-electron chi connectivity index (χ3n) is 4.96. The Hall–Kier alpha value is -2.94. The van der Waals surface area contributed by atoms with E-state index in [-0.39, 0.29) is 22.7 Å². The Bertz CT molecular complexity index is 789. The molecule has 0 spiro atoms. The van der Waals surface area contributed by atoms with Crippen molar-refractivity contribution in [2.75, 3.05) is 0 Å². The molecule has 0 unspecified atom stereocenters. The Morgan fingerprint density at radius 2 is 1.00 bits per heavy atom. The van der Waals surface area contributed by atoms with Crippen LogP contribution >= 0.6 is 0 Å². The largest absolute Gasteiger partial charge is 0.508 e. The SMILES string of the molecule is CCCC(Cc1ccc(O)cc1)(c1ccc(O)cc1)c1ccc(O)cc1. The maximum atomic E-state index is 9.72. The quantitative estimate of drug-likeness (QED) is 0.578. The number of rotatable bonds is 6. The Morgan fingerprint density at radius 3 is 1.38 bits per heavy atom. The smallest absolute Gasteiger partial charge is 0.115 e. The molecule has 0 amide bonds. The van der Waals surface area contributed by atoms with Crippen molar-refractivity contribution in [3.05, 3.63) is 89.5 Å². The summed E-state index contributed by atoms with van der Waals surface area (Å²) in [5, 5.41) is 29.0. The predicted octanol–water partition coefficient (Wildman–Crippen LogP) is 5.13. The molecule has 3 heteroatoms. The van der Waals surface area contributed by atoms with E-state index in [1.807, 2.05) is 36.4 Å². The fraction of sp³-hybridized carbons (Fsp3) is 0.217. The Balaban J connectivity index is 2.15. The van der Waals surface area contributed by atoms with Crippen LogP contribution in [0.3, 0.4) is 0 Å². The molecule has 3 aromatic rings. The van der Waals surface area contributed by atoms with Crippen molar-refractivity contribution in [3.8, 4) is 17.2 Å². The van der Waals surface area contributed by atoms with Gasteiger partial charge in [0.15, 0.2) is 0 Å². The molecule has 3 aromatic carbocycles. The average Bonchev–Trinajstić information content (AvgIpc) is 2.64. The van der Waals surface area contributed by atoms with E-state index in [1.165, 1.54) is 0 Å². The van der Waals surface area contributed by atoms with E-state index in [2.05, 4.69) is 6.92 Å². The van der Waals surface area contributed by atoms with Gasteiger partial charge >= 0.3 is 0 Å². The summed E-state index contributed by atoms with van der Waals surface area (Å²) in [5.74, 6) is 0.744. The van der Waals surface area contributed by atoms with Crippen LogP contribution in [0.25, 0.3) is 0 Å². The lowest BCUT2D eigenvalue weighted by Gasteiger charge is -2.35. The van der Waals surface area contributed by atoms with Crippen LogP contribution in [-0.2, 0) is 11.8 Å². The van der Waals surface area contributed by atoms with Gasteiger partial charge in [-0.25, -0.2) is 0 Å². The molecule has 0 aliphatic heterocycles. The van der Waals surface area contributed by atoms with Crippen LogP contribution in [0.1, 0.15) is 36.5 Å². The zero-order chi connectivity index (χ0) is 18.6. The van der Waals surface area contributed by atoms with E-state index >= 15 is 0 Å². The number of phenols is 3. The first-order chi connectivity index (χ1) is 12.5. The van der Waals surface area contributed by atoms with Gasteiger partial charge in [0.1, 0.15) is 17.2 Å². The molecule has 0 aliphatic carbocycles. The van der Waals surface area contributed by atoms with E-state index < -0.39 is 0 Å². The minimum absolute atomic E-state index is 0.245. The zero-order valence-corrected chi connectivity index (χ0v) is 14.9. The van der Waals surface area contributed by atoms with E-state index in [4.69, 9.17) is 0 Å². The first-order valence-corrected chi connectivity index (χ1v) is 8.90. The molecule has 0 atom stereocenters. The van der Waals surface area contributed by atoms with Crippen molar-refractivity contribution in [1.29, 1.82) is 0 Å². The summed E-state index contributed by atoms with van der Waals surface area (Å²) < 4.78 is 0. The van der Waals surface area contributed by atoms with Gasteiger partial charge in [-0.15, -0.1) is 0 Å². The fourth-order valence-corrected chi connectivity index (χ4v) is 3.70. The molecule has 0 heterocycles. The third-order valence-corrected chi connectivity index (χ3v) is 4.96. The van der Waals surface area contributed by atoms with Crippen LogP contribution in [0.2, 0.25) is 0 Å². The lowest BCUT2D eigenvalue weighted by molar-refractivity contribution is 0.451. The molecule has 3 nitrogen and oxygen atoms in total. The Labute approximate surface area is 154 Å². The molecule has 0 aromatic heterocycles. The monoisotopic (exact) mass is 348 g/mol. The topological polar surface area (TPSA) is 60.7 Å². The molecule has 0 fully saturated rings. The molecule has 134 valence electrons. The lowest BCUT2D eigenvalue weighted by atomic mass is 9.68. The molecule has 0 bridgehead atoms. The number of phenolic OH excluding ortho intramolecular Hbond substituents is 3. The molecular weight excluding hydrogens is 324 g/mol. The molecular formula is C23H24O3. The van der Waals surface area contributed by atoms with Gasteiger partial charge in [-0.2, -0.15) is 0 Å². The van der Waals surface area contributed by atoms with Crippen molar-refractivity contribution in [2.45, 2.75) is 31.6 Å². The van der Waals surface area contributed by atoms with Gasteiger partial charge in [0.25, 0.3) is 0 Å². The number of aromatic hydroxyl groups is 3. The summed E-state index contributed by atoms with van der Waals surface area (Å²) in [6, 6.07) is 22.1. The van der Waals surface area contributed by atoms with Crippen molar-refractivity contribution < 1.29 is 15.3 Å². The fourth-order valence-electron chi connectivity index (χ4n) is 3.70. The normalized spacial score (nSPS) is 11.4. The van der Waals surface area contributed by atoms with E-state index in [1.54, 1.807) is 36.4 Å². The molecule has 0 saturated carbocycles. The average molecular weight is 348 g/mol. The highest BCUT2D eigenvalue weighted by Gasteiger charge is 2.33. The van der Waals surface area contributed by atoms with Crippen LogP contribution in [-0.4, -0.2) is 15.3 Å².